The Morgan fingerprint density at radius 1 is 1.21 bits per heavy atom. The summed E-state index contributed by atoms with van der Waals surface area (Å²) in [6.07, 6.45) is 5.68. The Hall–Kier alpha value is -2.44. The zero-order chi connectivity index (χ0) is 19.3. The molecule has 6 nitrogen and oxygen atoms in total. The van der Waals surface area contributed by atoms with Gasteiger partial charge in [0.15, 0.2) is 0 Å². The summed E-state index contributed by atoms with van der Waals surface area (Å²) in [5, 5.41) is 11.2. The fourth-order valence-electron chi connectivity index (χ4n) is 4.43. The van der Waals surface area contributed by atoms with E-state index in [1.165, 1.54) is 18.9 Å². The molecule has 2 aliphatic carbocycles. The third-order valence-corrected chi connectivity index (χ3v) is 6.66. The molecule has 0 unspecified atom stereocenters. The second kappa shape index (κ2) is 6.57. The van der Waals surface area contributed by atoms with Crippen molar-refractivity contribution < 1.29 is 13.6 Å². The molecular formula is C21H25FN4O2. The number of nitrogens with zero attached hydrogens (tertiary/aromatic N) is 3. The molecule has 1 aromatic heterocycles. The number of amides is 1. The van der Waals surface area contributed by atoms with E-state index in [0.29, 0.717) is 16.9 Å². The van der Waals surface area contributed by atoms with Crippen molar-refractivity contribution in [3.05, 3.63) is 41.5 Å². The van der Waals surface area contributed by atoms with Crippen LogP contribution in [0.25, 0.3) is 0 Å². The van der Waals surface area contributed by atoms with Crippen molar-refractivity contribution >= 4 is 11.9 Å². The molecule has 148 valence electrons. The number of halogens is 1. The third kappa shape index (κ3) is 3.27. The zero-order valence-corrected chi connectivity index (χ0v) is 16.0. The number of rotatable bonds is 5. The minimum absolute atomic E-state index is 0.0442. The maximum Gasteiger partial charge on any atom is 0.316 e. The number of carbonyl (C=O) groups is 1. The molecule has 0 bridgehead atoms. The van der Waals surface area contributed by atoms with Crippen molar-refractivity contribution in [3.63, 3.8) is 0 Å². The summed E-state index contributed by atoms with van der Waals surface area (Å²) in [4.78, 5) is 14.6. The molecule has 7 heteroatoms. The van der Waals surface area contributed by atoms with Gasteiger partial charge in [-0.2, -0.15) is 0 Å². The molecule has 1 spiro atoms. The van der Waals surface area contributed by atoms with Gasteiger partial charge in [-0.3, -0.25) is 4.79 Å². The Morgan fingerprint density at radius 2 is 1.96 bits per heavy atom. The molecule has 1 N–H and O–H groups in total. The Balaban J connectivity index is 1.18. The van der Waals surface area contributed by atoms with Gasteiger partial charge in [-0.05, 0) is 62.0 Å². The lowest BCUT2D eigenvalue weighted by atomic mass is 9.93. The highest BCUT2D eigenvalue weighted by Crippen LogP contribution is 2.55. The summed E-state index contributed by atoms with van der Waals surface area (Å²) < 4.78 is 19.7. The van der Waals surface area contributed by atoms with E-state index in [-0.39, 0.29) is 29.6 Å². The van der Waals surface area contributed by atoms with E-state index in [1.807, 2.05) is 17.9 Å². The van der Waals surface area contributed by atoms with Gasteiger partial charge in [0.25, 0.3) is 0 Å². The lowest BCUT2D eigenvalue weighted by molar-refractivity contribution is -0.133. The second-order valence-electron chi connectivity index (χ2n) is 8.61. The van der Waals surface area contributed by atoms with Crippen LogP contribution in [0, 0.1) is 11.2 Å². The Labute approximate surface area is 163 Å². The van der Waals surface area contributed by atoms with Gasteiger partial charge in [-0.25, -0.2) is 4.39 Å². The highest BCUT2D eigenvalue weighted by molar-refractivity contribution is 5.83. The van der Waals surface area contributed by atoms with Crippen LogP contribution in [0.1, 0.15) is 62.3 Å². The number of benzene rings is 1. The summed E-state index contributed by atoms with van der Waals surface area (Å²) in [6, 6.07) is 6.66. The first-order valence-electron chi connectivity index (χ1n) is 10.2. The Morgan fingerprint density at radius 3 is 2.68 bits per heavy atom. The van der Waals surface area contributed by atoms with Crippen LogP contribution in [0.4, 0.5) is 10.4 Å². The zero-order valence-electron chi connectivity index (χ0n) is 16.0. The SMILES string of the molecule is C[C@@H](Nc1nnc([C@H]2C[C@@H]2c2ccccc2F)o1)C(=O)N1CCC2(CC1)CC2. The van der Waals surface area contributed by atoms with Gasteiger partial charge in [0.05, 0.1) is 0 Å². The van der Waals surface area contributed by atoms with E-state index >= 15 is 0 Å². The number of aromatic nitrogens is 2. The molecular weight excluding hydrogens is 359 g/mol. The predicted molar refractivity (Wildman–Crippen MR) is 101 cm³/mol. The molecule has 3 atom stereocenters. The molecule has 1 aromatic carbocycles. The first-order chi connectivity index (χ1) is 13.5. The summed E-state index contributed by atoms with van der Waals surface area (Å²) >= 11 is 0. The van der Waals surface area contributed by atoms with Crippen molar-refractivity contribution in [3.8, 4) is 0 Å². The van der Waals surface area contributed by atoms with Crippen LogP contribution in [0.3, 0.4) is 0 Å². The predicted octanol–water partition coefficient (Wildman–Crippen LogP) is 3.68. The first-order valence-corrected chi connectivity index (χ1v) is 10.2. The summed E-state index contributed by atoms with van der Waals surface area (Å²) in [5.41, 5.74) is 1.25. The molecule has 3 fully saturated rings. The smallest absolute Gasteiger partial charge is 0.316 e. The van der Waals surface area contributed by atoms with Crippen molar-refractivity contribution in [1.29, 1.82) is 0 Å². The van der Waals surface area contributed by atoms with E-state index in [2.05, 4.69) is 15.5 Å². The quantitative estimate of drug-likeness (QED) is 0.851. The van der Waals surface area contributed by atoms with Crippen LogP contribution in [-0.2, 0) is 4.79 Å². The number of carbonyl (C=O) groups excluding carboxylic acids is 1. The van der Waals surface area contributed by atoms with Gasteiger partial charge in [0.1, 0.15) is 11.9 Å². The fourth-order valence-corrected chi connectivity index (χ4v) is 4.43. The minimum Gasteiger partial charge on any atom is -0.408 e. The van der Waals surface area contributed by atoms with Gasteiger partial charge in [0.2, 0.25) is 11.8 Å². The van der Waals surface area contributed by atoms with E-state index < -0.39 is 6.04 Å². The molecule has 5 rings (SSSR count). The number of piperidine rings is 1. The van der Waals surface area contributed by atoms with E-state index in [4.69, 9.17) is 4.42 Å². The van der Waals surface area contributed by atoms with Crippen LogP contribution in [0.2, 0.25) is 0 Å². The van der Waals surface area contributed by atoms with Gasteiger partial charge >= 0.3 is 6.01 Å². The third-order valence-electron chi connectivity index (χ3n) is 6.66. The van der Waals surface area contributed by atoms with Crippen molar-refractivity contribution in [2.24, 2.45) is 5.41 Å². The number of likely N-dealkylation sites (tertiary alicyclic amines) is 1. The highest BCUT2D eigenvalue weighted by Gasteiger charge is 2.46. The molecule has 2 saturated carbocycles. The normalized spacial score (nSPS) is 26.1. The lowest BCUT2D eigenvalue weighted by Gasteiger charge is -2.33. The summed E-state index contributed by atoms with van der Waals surface area (Å²) in [6.45, 7) is 3.51. The number of hydrogen-bond donors (Lipinski definition) is 1. The van der Waals surface area contributed by atoms with Crippen molar-refractivity contribution in [2.75, 3.05) is 18.4 Å². The Bertz CT molecular complexity index is 884. The molecule has 3 aliphatic rings. The first kappa shape index (κ1) is 17.6. The average Bonchev–Trinajstić information content (AvgIpc) is 3.61. The number of nitrogens with one attached hydrogen (secondary N) is 1. The average molecular weight is 384 g/mol. The highest BCUT2D eigenvalue weighted by atomic mass is 19.1. The molecule has 2 aromatic rings. The fraction of sp³-hybridized carbons (Fsp3) is 0.571. The second-order valence-corrected chi connectivity index (χ2v) is 8.61. The molecule has 1 saturated heterocycles. The van der Waals surface area contributed by atoms with Crippen LogP contribution < -0.4 is 5.32 Å². The summed E-state index contributed by atoms with van der Waals surface area (Å²) in [5.74, 6) is 0.510. The lowest BCUT2D eigenvalue weighted by Crippen LogP contribution is -2.45. The van der Waals surface area contributed by atoms with Crippen LogP contribution in [0.15, 0.2) is 28.7 Å². The monoisotopic (exact) mass is 384 g/mol. The van der Waals surface area contributed by atoms with Gasteiger partial charge in [-0.1, -0.05) is 23.3 Å². The van der Waals surface area contributed by atoms with E-state index in [0.717, 1.165) is 32.4 Å². The molecule has 1 aliphatic heterocycles. The van der Waals surface area contributed by atoms with Crippen molar-refractivity contribution in [2.45, 2.75) is 56.9 Å². The largest absolute Gasteiger partial charge is 0.408 e. The number of anilines is 1. The maximum atomic E-state index is 13.9. The van der Waals surface area contributed by atoms with Gasteiger partial charge in [-0.15, -0.1) is 5.10 Å². The van der Waals surface area contributed by atoms with E-state index in [1.54, 1.807) is 12.1 Å². The molecule has 2 heterocycles. The van der Waals surface area contributed by atoms with Crippen LogP contribution in [-0.4, -0.2) is 40.1 Å². The van der Waals surface area contributed by atoms with Crippen LogP contribution in [0.5, 0.6) is 0 Å². The topological polar surface area (TPSA) is 71.3 Å². The van der Waals surface area contributed by atoms with E-state index in [9.17, 15) is 9.18 Å². The molecule has 28 heavy (non-hydrogen) atoms. The maximum absolute atomic E-state index is 13.9. The molecule has 0 radical (unpaired) electrons. The van der Waals surface area contributed by atoms with Gasteiger partial charge in [0, 0.05) is 19.0 Å². The molecule has 1 amide bonds. The van der Waals surface area contributed by atoms with Gasteiger partial charge < -0.3 is 14.6 Å². The Kier molecular flexibility index (Phi) is 4.14. The number of hydrogen-bond acceptors (Lipinski definition) is 5. The van der Waals surface area contributed by atoms with Crippen molar-refractivity contribution in [1.82, 2.24) is 15.1 Å². The minimum atomic E-state index is -0.414. The summed E-state index contributed by atoms with van der Waals surface area (Å²) in [7, 11) is 0. The van der Waals surface area contributed by atoms with Crippen LogP contribution >= 0.6 is 0 Å². The standard InChI is InChI=1S/C21H25FN4O2/c1-13(19(27)26-10-8-21(6-7-21)9-11-26)23-20-25-24-18(28-20)16-12-15(16)14-4-2-3-5-17(14)22/h2-5,13,15-16H,6-12H2,1H3,(H,23,25)/t13-,15-,16+/m1/s1.